The number of nitrogens with one attached hydrogen (secondary N) is 1. The molecule has 3 aliphatic rings. The van der Waals surface area contributed by atoms with Gasteiger partial charge in [0.1, 0.15) is 0 Å². The van der Waals surface area contributed by atoms with Crippen LogP contribution >= 0.6 is 0 Å². The third kappa shape index (κ3) is 1.76. The molecular weight excluding hydrogens is 296 g/mol. The molecule has 1 spiro atoms. The minimum atomic E-state index is -0.0531. The quantitative estimate of drug-likeness (QED) is 0.762. The predicted octanol–water partition coefficient (Wildman–Crippen LogP) is 4.47. The third-order valence-electron chi connectivity index (χ3n) is 6.79. The third-order valence-corrected chi connectivity index (χ3v) is 6.79. The first-order chi connectivity index (χ1) is 11.6. The molecule has 128 valence electrons. The smallest absolute Gasteiger partial charge is 0.223 e. The lowest BCUT2D eigenvalue weighted by Gasteiger charge is -2.43. The molecule has 2 aromatic rings. The summed E-state index contributed by atoms with van der Waals surface area (Å²) in [4.78, 5) is 18.5. The van der Waals surface area contributed by atoms with Gasteiger partial charge in [0.25, 0.3) is 0 Å². The summed E-state index contributed by atoms with van der Waals surface area (Å²) in [5, 5.41) is 1.36. The van der Waals surface area contributed by atoms with Crippen molar-refractivity contribution < 1.29 is 4.79 Å². The van der Waals surface area contributed by atoms with Gasteiger partial charge in [-0.2, -0.15) is 0 Å². The summed E-state index contributed by atoms with van der Waals surface area (Å²) in [6, 6.07) is 8.61. The van der Waals surface area contributed by atoms with Gasteiger partial charge >= 0.3 is 0 Å². The molecule has 0 unspecified atom stereocenters. The Bertz CT molecular complexity index is 792. The van der Waals surface area contributed by atoms with Gasteiger partial charge in [0.15, 0.2) is 0 Å². The number of nitrogens with zero attached hydrogens (tertiary/aromatic N) is 1. The normalized spacial score (nSPS) is 33.8. The fourth-order valence-corrected chi connectivity index (χ4v) is 5.65. The van der Waals surface area contributed by atoms with Crippen LogP contribution in [0.15, 0.2) is 24.3 Å². The monoisotopic (exact) mass is 324 g/mol. The van der Waals surface area contributed by atoms with Crippen molar-refractivity contribution in [1.82, 2.24) is 9.88 Å². The highest BCUT2D eigenvalue weighted by Gasteiger charge is 2.63. The highest BCUT2D eigenvalue weighted by Crippen LogP contribution is 2.60. The summed E-state index contributed by atoms with van der Waals surface area (Å²) in [6.07, 6.45) is 2.84. The van der Waals surface area contributed by atoms with Crippen LogP contribution < -0.4 is 0 Å². The Morgan fingerprint density at radius 1 is 1.21 bits per heavy atom. The zero-order valence-corrected chi connectivity index (χ0v) is 15.2. The zero-order valence-electron chi connectivity index (χ0n) is 15.2. The Balaban J connectivity index is 0.000000704. The highest BCUT2D eigenvalue weighted by atomic mass is 16.2. The molecule has 1 amide bonds. The summed E-state index contributed by atoms with van der Waals surface area (Å²) >= 11 is 0. The van der Waals surface area contributed by atoms with Gasteiger partial charge in [-0.3, -0.25) is 4.79 Å². The van der Waals surface area contributed by atoms with Gasteiger partial charge in [-0.1, -0.05) is 45.9 Å². The van der Waals surface area contributed by atoms with Crippen LogP contribution in [0.25, 0.3) is 10.9 Å². The minimum absolute atomic E-state index is 0.0531. The summed E-state index contributed by atoms with van der Waals surface area (Å²) < 4.78 is 0. The number of benzene rings is 1. The van der Waals surface area contributed by atoms with E-state index in [0.29, 0.717) is 23.7 Å². The zero-order chi connectivity index (χ0) is 17.1. The average molecular weight is 324 g/mol. The van der Waals surface area contributed by atoms with Crippen molar-refractivity contribution in [2.24, 2.45) is 17.8 Å². The molecule has 2 fully saturated rings. The summed E-state index contributed by atoms with van der Waals surface area (Å²) in [7, 11) is 0. The van der Waals surface area contributed by atoms with E-state index >= 15 is 0 Å². The van der Waals surface area contributed by atoms with E-state index < -0.39 is 0 Å². The number of fused-ring (bicyclic) bond motifs is 3. The average Bonchev–Trinajstić information content (AvgIpc) is 3.19. The van der Waals surface area contributed by atoms with E-state index in [4.69, 9.17) is 0 Å². The van der Waals surface area contributed by atoms with Crippen molar-refractivity contribution in [2.75, 3.05) is 6.54 Å². The van der Waals surface area contributed by atoms with Crippen LogP contribution in [0.1, 0.15) is 51.8 Å². The van der Waals surface area contributed by atoms with Crippen LogP contribution in [0.3, 0.4) is 0 Å². The van der Waals surface area contributed by atoms with Crippen molar-refractivity contribution in [3.05, 3.63) is 35.5 Å². The van der Waals surface area contributed by atoms with Gasteiger partial charge in [-0.15, -0.1) is 0 Å². The molecule has 1 saturated carbocycles. The number of aromatic nitrogens is 1. The largest absolute Gasteiger partial charge is 0.356 e. The minimum Gasteiger partial charge on any atom is -0.356 e. The van der Waals surface area contributed by atoms with Crippen molar-refractivity contribution in [2.45, 2.75) is 52.5 Å². The first-order valence-electron chi connectivity index (χ1n) is 9.53. The first-order valence-corrected chi connectivity index (χ1v) is 9.53. The lowest BCUT2D eigenvalue weighted by Crippen LogP contribution is -2.49. The molecule has 4 atom stereocenters. The van der Waals surface area contributed by atoms with Gasteiger partial charge in [0.05, 0.1) is 5.54 Å². The number of H-pyrrole nitrogens is 1. The molecule has 1 N–H and O–H groups in total. The van der Waals surface area contributed by atoms with Crippen molar-refractivity contribution in [3.63, 3.8) is 0 Å². The molecule has 3 nitrogen and oxygen atoms in total. The number of para-hydroxylation sites is 1. The fourth-order valence-electron chi connectivity index (χ4n) is 5.65. The number of hydrogen-bond donors (Lipinski definition) is 1. The van der Waals surface area contributed by atoms with Gasteiger partial charge in [-0.05, 0) is 42.2 Å². The van der Waals surface area contributed by atoms with Crippen LogP contribution in [-0.2, 0) is 16.8 Å². The van der Waals surface area contributed by atoms with Crippen LogP contribution in [0, 0.1) is 17.8 Å². The maximum absolute atomic E-state index is 12.6. The van der Waals surface area contributed by atoms with Gasteiger partial charge in [-0.25, -0.2) is 0 Å². The lowest BCUT2D eigenvalue weighted by atomic mass is 9.78. The van der Waals surface area contributed by atoms with Crippen LogP contribution in [-0.4, -0.2) is 22.3 Å². The molecular formula is C21H28N2O. The second-order valence-electron chi connectivity index (χ2n) is 7.59. The number of aromatic amines is 1. The summed E-state index contributed by atoms with van der Waals surface area (Å²) in [5.41, 5.74) is 4.00. The SMILES string of the molecule is CC.C[C@@H]1[C@@H](C)C[C@@]23c4[nH]c5ccccc5c4CCN2C(=O)C[C@@H]13. The number of amides is 1. The molecule has 24 heavy (non-hydrogen) atoms. The van der Waals surface area contributed by atoms with E-state index in [2.05, 4.69) is 48.0 Å². The summed E-state index contributed by atoms with van der Waals surface area (Å²) in [5.74, 6) is 2.14. The van der Waals surface area contributed by atoms with Crippen LogP contribution in [0.4, 0.5) is 0 Å². The Hall–Kier alpha value is -1.77. The number of carbonyl (C=O) groups is 1. The Morgan fingerprint density at radius 2 is 1.96 bits per heavy atom. The Labute approximate surface area is 144 Å². The van der Waals surface area contributed by atoms with Gasteiger partial charge in [0.2, 0.25) is 5.91 Å². The Kier molecular flexibility index (Phi) is 3.52. The van der Waals surface area contributed by atoms with E-state index in [1.807, 2.05) is 13.8 Å². The van der Waals surface area contributed by atoms with E-state index in [-0.39, 0.29) is 5.54 Å². The van der Waals surface area contributed by atoms with E-state index in [0.717, 1.165) is 25.8 Å². The van der Waals surface area contributed by atoms with E-state index in [1.165, 1.54) is 22.2 Å². The fraction of sp³-hybridized carbons (Fsp3) is 0.571. The standard InChI is InChI=1S/C19H22N2O.C2H6/c1-11-10-19-15(12(11)2)9-17(22)21(19)8-7-14-13-5-3-4-6-16(13)20-18(14)19;1-2/h3-6,11-12,15,20H,7-10H2,1-2H3;1-2H3/t11-,12+,15-,19+;/m0./s1. The molecule has 1 aromatic carbocycles. The predicted molar refractivity (Wildman–Crippen MR) is 97.8 cm³/mol. The van der Waals surface area contributed by atoms with Crippen molar-refractivity contribution >= 4 is 16.8 Å². The molecule has 1 saturated heterocycles. The number of hydrogen-bond acceptors (Lipinski definition) is 1. The lowest BCUT2D eigenvalue weighted by molar-refractivity contribution is -0.132. The first kappa shape index (κ1) is 15.7. The van der Waals surface area contributed by atoms with Crippen molar-refractivity contribution in [1.29, 1.82) is 0 Å². The van der Waals surface area contributed by atoms with Gasteiger partial charge in [0, 0.05) is 29.6 Å². The molecule has 2 aliphatic heterocycles. The van der Waals surface area contributed by atoms with Crippen LogP contribution in [0.2, 0.25) is 0 Å². The maximum Gasteiger partial charge on any atom is 0.223 e. The number of rotatable bonds is 0. The second kappa shape index (κ2) is 5.37. The van der Waals surface area contributed by atoms with Crippen molar-refractivity contribution in [3.8, 4) is 0 Å². The molecule has 0 radical (unpaired) electrons. The Morgan fingerprint density at radius 3 is 2.75 bits per heavy atom. The van der Waals surface area contributed by atoms with Gasteiger partial charge < -0.3 is 9.88 Å². The number of carbonyl (C=O) groups excluding carboxylic acids is 1. The van der Waals surface area contributed by atoms with Crippen LogP contribution in [0.5, 0.6) is 0 Å². The molecule has 1 aliphatic carbocycles. The molecule has 3 heterocycles. The maximum atomic E-state index is 12.6. The second-order valence-corrected chi connectivity index (χ2v) is 7.59. The highest BCUT2D eigenvalue weighted by molar-refractivity contribution is 5.88. The molecule has 0 bridgehead atoms. The summed E-state index contributed by atoms with van der Waals surface area (Å²) in [6.45, 7) is 9.60. The topological polar surface area (TPSA) is 36.1 Å². The van der Waals surface area contributed by atoms with E-state index in [1.54, 1.807) is 0 Å². The molecule has 5 rings (SSSR count). The van der Waals surface area contributed by atoms with E-state index in [9.17, 15) is 4.79 Å². The molecule has 3 heteroatoms. The molecule has 1 aromatic heterocycles.